The summed E-state index contributed by atoms with van der Waals surface area (Å²) in [5.41, 5.74) is 1.16. The summed E-state index contributed by atoms with van der Waals surface area (Å²) >= 11 is 1.38. The molecule has 0 saturated heterocycles. The highest BCUT2D eigenvalue weighted by Crippen LogP contribution is 2.15. The second-order valence-electron chi connectivity index (χ2n) is 4.79. The Hall–Kier alpha value is -2.14. The smallest absolute Gasteiger partial charge is 0.265 e. The molecule has 21 heavy (non-hydrogen) atoms. The van der Waals surface area contributed by atoms with E-state index >= 15 is 0 Å². The third-order valence-electron chi connectivity index (χ3n) is 3.12. The zero-order valence-electron chi connectivity index (χ0n) is 12.1. The van der Waals surface area contributed by atoms with E-state index in [4.69, 9.17) is 0 Å². The van der Waals surface area contributed by atoms with E-state index in [9.17, 15) is 9.59 Å². The second-order valence-corrected chi connectivity index (χ2v) is 5.74. The Kier molecular flexibility index (Phi) is 5.11. The largest absolute Gasteiger partial charge is 0.350 e. The van der Waals surface area contributed by atoms with Crippen molar-refractivity contribution in [2.45, 2.75) is 26.3 Å². The molecule has 1 aromatic carbocycles. The minimum atomic E-state index is -0.163. The van der Waals surface area contributed by atoms with Gasteiger partial charge in [-0.15, -0.1) is 11.3 Å². The molecule has 2 rings (SSSR count). The first kappa shape index (κ1) is 15.3. The Morgan fingerprint density at radius 1 is 1.19 bits per heavy atom. The summed E-state index contributed by atoms with van der Waals surface area (Å²) in [6.07, 6.45) is 0.876. The first-order valence-electron chi connectivity index (χ1n) is 6.86. The van der Waals surface area contributed by atoms with Crippen LogP contribution in [0, 0.1) is 0 Å². The Labute approximate surface area is 128 Å². The quantitative estimate of drug-likeness (QED) is 0.887. The second kappa shape index (κ2) is 7.04. The van der Waals surface area contributed by atoms with Crippen LogP contribution in [0.3, 0.4) is 0 Å². The fourth-order valence-electron chi connectivity index (χ4n) is 1.75. The number of hydrogen-bond donors (Lipinski definition) is 2. The summed E-state index contributed by atoms with van der Waals surface area (Å²) in [4.78, 5) is 24.7. The molecule has 1 atom stereocenters. The van der Waals surface area contributed by atoms with Crippen molar-refractivity contribution in [1.29, 1.82) is 0 Å². The Morgan fingerprint density at radius 3 is 2.67 bits per heavy atom. The topological polar surface area (TPSA) is 58.2 Å². The lowest BCUT2D eigenvalue weighted by molar-refractivity contribution is 0.0938. The highest BCUT2D eigenvalue weighted by Gasteiger charge is 2.11. The van der Waals surface area contributed by atoms with Gasteiger partial charge in [0.25, 0.3) is 11.8 Å². The first-order chi connectivity index (χ1) is 10.1. The van der Waals surface area contributed by atoms with E-state index in [1.165, 1.54) is 11.3 Å². The molecule has 0 aliphatic carbocycles. The minimum absolute atomic E-state index is 0.127. The van der Waals surface area contributed by atoms with Crippen LogP contribution in [0.1, 0.15) is 40.3 Å². The van der Waals surface area contributed by atoms with E-state index in [0.29, 0.717) is 16.1 Å². The van der Waals surface area contributed by atoms with Crippen molar-refractivity contribution >= 4 is 28.8 Å². The number of hydrogen-bond acceptors (Lipinski definition) is 3. The Bertz CT molecular complexity index is 623. The normalized spacial score (nSPS) is 11.7. The van der Waals surface area contributed by atoms with E-state index in [1.807, 2.05) is 25.3 Å². The van der Waals surface area contributed by atoms with Crippen molar-refractivity contribution in [3.63, 3.8) is 0 Å². The molecule has 0 bridgehead atoms. The van der Waals surface area contributed by atoms with E-state index < -0.39 is 0 Å². The van der Waals surface area contributed by atoms with Crippen LogP contribution in [0.4, 0.5) is 5.69 Å². The summed E-state index contributed by atoms with van der Waals surface area (Å²) in [7, 11) is 0. The van der Waals surface area contributed by atoms with Crippen LogP contribution in [0.5, 0.6) is 0 Å². The summed E-state index contributed by atoms with van der Waals surface area (Å²) < 4.78 is 0. The standard InChI is InChI=1S/C16H18N2O2S/c1-3-11(2)17-15(19)12-6-4-7-13(10-12)18-16(20)14-8-5-9-21-14/h4-11H,3H2,1-2H3,(H,17,19)(H,18,20)/t11-/m0/s1. The summed E-state index contributed by atoms with van der Waals surface area (Å²) in [5, 5.41) is 7.55. The van der Waals surface area contributed by atoms with Crippen molar-refractivity contribution in [3.8, 4) is 0 Å². The number of thiophene rings is 1. The summed E-state index contributed by atoms with van der Waals surface area (Å²) in [6.45, 7) is 3.98. The lowest BCUT2D eigenvalue weighted by Crippen LogP contribution is -2.31. The number of amides is 2. The fraction of sp³-hybridized carbons (Fsp3) is 0.250. The van der Waals surface area contributed by atoms with Gasteiger partial charge in [-0.25, -0.2) is 0 Å². The third-order valence-corrected chi connectivity index (χ3v) is 3.99. The van der Waals surface area contributed by atoms with Gasteiger partial charge >= 0.3 is 0 Å². The Morgan fingerprint density at radius 2 is 2.00 bits per heavy atom. The van der Waals surface area contributed by atoms with Gasteiger partial charge in [-0.05, 0) is 43.0 Å². The van der Waals surface area contributed by atoms with E-state index in [2.05, 4.69) is 10.6 Å². The van der Waals surface area contributed by atoms with Crippen LogP contribution in [-0.4, -0.2) is 17.9 Å². The number of carbonyl (C=O) groups excluding carboxylic acids is 2. The molecule has 0 fully saturated rings. The zero-order chi connectivity index (χ0) is 15.2. The number of anilines is 1. The van der Waals surface area contributed by atoms with Gasteiger partial charge in [0.1, 0.15) is 0 Å². The lowest BCUT2D eigenvalue weighted by Gasteiger charge is -2.12. The maximum absolute atomic E-state index is 12.1. The van der Waals surface area contributed by atoms with Crippen molar-refractivity contribution in [2.24, 2.45) is 0 Å². The zero-order valence-corrected chi connectivity index (χ0v) is 12.9. The molecular formula is C16H18N2O2S. The molecule has 0 saturated carbocycles. The fourth-order valence-corrected chi connectivity index (χ4v) is 2.37. The van der Waals surface area contributed by atoms with Gasteiger partial charge in [-0.2, -0.15) is 0 Å². The van der Waals surface area contributed by atoms with Gasteiger partial charge in [-0.3, -0.25) is 9.59 Å². The molecule has 0 radical (unpaired) electrons. The average molecular weight is 302 g/mol. The molecule has 5 heteroatoms. The van der Waals surface area contributed by atoms with Gasteiger partial charge in [0.05, 0.1) is 4.88 Å². The van der Waals surface area contributed by atoms with Gasteiger partial charge in [-0.1, -0.05) is 19.1 Å². The third kappa shape index (κ3) is 4.16. The predicted octanol–water partition coefficient (Wildman–Crippen LogP) is 3.53. The number of rotatable bonds is 5. The van der Waals surface area contributed by atoms with Crippen LogP contribution in [-0.2, 0) is 0 Å². The number of benzene rings is 1. The molecule has 2 aromatic rings. The molecule has 110 valence electrons. The molecule has 1 aromatic heterocycles. The van der Waals surface area contributed by atoms with Gasteiger partial charge in [0.2, 0.25) is 0 Å². The molecule has 0 aliphatic rings. The highest BCUT2D eigenvalue weighted by atomic mass is 32.1. The maximum Gasteiger partial charge on any atom is 0.265 e. The SMILES string of the molecule is CC[C@H](C)NC(=O)c1cccc(NC(=O)c2cccs2)c1. The van der Waals surface area contributed by atoms with Crippen LogP contribution >= 0.6 is 11.3 Å². The van der Waals surface area contributed by atoms with E-state index in [1.54, 1.807) is 30.3 Å². The van der Waals surface area contributed by atoms with Gasteiger partial charge < -0.3 is 10.6 Å². The molecule has 2 N–H and O–H groups in total. The molecule has 0 spiro atoms. The number of carbonyl (C=O) groups is 2. The minimum Gasteiger partial charge on any atom is -0.350 e. The van der Waals surface area contributed by atoms with E-state index in [-0.39, 0.29) is 17.9 Å². The first-order valence-corrected chi connectivity index (χ1v) is 7.74. The predicted molar refractivity (Wildman–Crippen MR) is 85.9 cm³/mol. The lowest BCUT2D eigenvalue weighted by atomic mass is 10.1. The molecule has 2 amide bonds. The molecule has 4 nitrogen and oxygen atoms in total. The van der Waals surface area contributed by atoms with Crippen molar-refractivity contribution < 1.29 is 9.59 Å². The van der Waals surface area contributed by atoms with Crippen molar-refractivity contribution in [3.05, 3.63) is 52.2 Å². The van der Waals surface area contributed by atoms with Crippen LogP contribution in [0.2, 0.25) is 0 Å². The summed E-state index contributed by atoms with van der Waals surface area (Å²) in [6, 6.07) is 10.7. The highest BCUT2D eigenvalue weighted by molar-refractivity contribution is 7.12. The molecule has 1 heterocycles. The monoisotopic (exact) mass is 302 g/mol. The molecule has 0 unspecified atom stereocenters. The van der Waals surface area contributed by atoms with Gasteiger partial charge in [0, 0.05) is 17.3 Å². The van der Waals surface area contributed by atoms with Crippen LogP contribution in [0.25, 0.3) is 0 Å². The Balaban J connectivity index is 2.07. The molecule has 0 aliphatic heterocycles. The van der Waals surface area contributed by atoms with Crippen LogP contribution < -0.4 is 10.6 Å². The van der Waals surface area contributed by atoms with Crippen LogP contribution in [0.15, 0.2) is 41.8 Å². The van der Waals surface area contributed by atoms with Gasteiger partial charge in [0.15, 0.2) is 0 Å². The van der Waals surface area contributed by atoms with Crippen molar-refractivity contribution in [2.75, 3.05) is 5.32 Å². The molecular weight excluding hydrogens is 284 g/mol. The van der Waals surface area contributed by atoms with E-state index in [0.717, 1.165) is 6.42 Å². The summed E-state index contributed by atoms with van der Waals surface area (Å²) in [5.74, 6) is -0.291. The van der Waals surface area contributed by atoms with Crippen molar-refractivity contribution in [1.82, 2.24) is 5.32 Å². The average Bonchev–Trinajstić information content (AvgIpc) is 3.01. The maximum atomic E-state index is 12.1. The number of nitrogens with one attached hydrogen (secondary N) is 2.